The molecule has 1 heterocycles. The highest BCUT2D eigenvalue weighted by Crippen LogP contribution is 2.39. The molecular weight excluding hydrogens is 439 g/mol. The molecule has 0 aromatic heterocycles. The van der Waals surface area contributed by atoms with Gasteiger partial charge in [-0.15, -0.1) is 0 Å². The van der Waals surface area contributed by atoms with Crippen LogP contribution in [0.1, 0.15) is 11.1 Å². The first-order valence-electron chi connectivity index (χ1n) is 8.58. The van der Waals surface area contributed by atoms with Crippen LogP contribution < -0.4 is 14.4 Å². The summed E-state index contributed by atoms with van der Waals surface area (Å²) in [7, 11) is 1.34. The van der Waals surface area contributed by atoms with E-state index in [1.165, 1.54) is 37.5 Å². The number of carboxylic acids is 1. The van der Waals surface area contributed by atoms with E-state index in [9.17, 15) is 27.6 Å². The van der Waals surface area contributed by atoms with Gasteiger partial charge in [0.15, 0.2) is 18.1 Å². The number of amides is 2. The smallest absolute Gasteiger partial charge is 0.416 e. The second-order valence-electron chi connectivity index (χ2n) is 6.16. The molecule has 0 atom stereocenters. The number of carbonyl (C=O) groups excluding carboxylic acids is 2. The van der Waals surface area contributed by atoms with Crippen molar-refractivity contribution in [1.82, 2.24) is 0 Å². The number of aliphatic carboxylic acids is 1. The normalized spacial score (nSPS) is 15.5. The van der Waals surface area contributed by atoms with Crippen LogP contribution in [0, 0.1) is 0 Å². The van der Waals surface area contributed by atoms with E-state index in [-0.39, 0.29) is 22.1 Å². The number of alkyl halides is 3. The van der Waals surface area contributed by atoms with Gasteiger partial charge in [0.1, 0.15) is 0 Å². The predicted octanol–water partition coefficient (Wildman–Crippen LogP) is 4.42. The van der Waals surface area contributed by atoms with E-state index in [4.69, 9.17) is 14.6 Å². The van der Waals surface area contributed by atoms with Crippen LogP contribution in [0.3, 0.4) is 0 Å². The van der Waals surface area contributed by atoms with E-state index in [1.807, 2.05) is 0 Å². The summed E-state index contributed by atoms with van der Waals surface area (Å²) >= 11 is 0.584. The van der Waals surface area contributed by atoms with Gasteiger partial charge in [-0.3, -0.25) is 9.59 Å². The Morgan fingerprint density at radius 1 is 1.16 bits per heavy atom. The molecule has 0 unspecified atom stereocenters. The average Bonchev–Trinajstić information content (AvgIpc) is 2.99. The molecule has 2 amide bonds. The first-order valence-corrected chi connectivity index (χ1v) is 9.39. The lowest BCUT2D eigenvalue weighted by Gasteiger charge is -2.15. The number of anilines is 1. The predicted molar refractivity (Wildman–Crippen MR) is 106 cm³/mol. The second kappa shape index (κ2) is 8.72. The molecule has 1 aliphatic heterocycles. The fraction of sp³-hybridized carbons (Fsp3) is 0.150. The van der Waals surface area contributed by atoms with Crippen molar-refractivity contribution in [2.75, 3.05) is 18.6 Å². The van der Waals surface area contributed by atoms with Gasteiger partial charge in [-0.05, 0) is 53.7 Å². The number of methoxy groups -OCH3 is 1. The summed E-state index contributed by atoms with van der Waals surface area (Å²) in [6.07, 6.45) is -3.24. The molecular formula is C20H14F3NO6S. The van der Waals surface area contributed by atoms with Crippen molar-refractivity contribution >= 4 is 40.6 Å². The lowest BCUT2D eigenvalue weighted by atomic mass is 10.1. The highest BCUT2D eigenvalue weighted by molar-refractivity contribution is 8.19. The number of carbonyl (C=O) groups is 3. The molecule has 3 rings (SSSR count). The topological polar surface area (TPSA) is 93.1 Å². The number of halogens is 3. The molecule has 1 saturated heterocycles. The number of rotatable bonds is 6. The summed E-state index contributed by atoms with van der Waals surface area (Å²) in [5, 5.41) is 7.97. The fourth-order valence-corrected chi connectivity index (χ4v) is 3.54. The molecule has 0 saturated carbocycles. The Kier molecular flexibility index (Phi) is 6.25. The summed E-state index contributed by atoms with van der Waals surface area (Å²) in [6.45, 7) is -0.578. The van der Waals surface area contributed by atoms with Crippen LogP contribution in [0.5, 0.6) is 11.5 Å². The van der Waals surface area contributed by atoms with Crippen LogP contribution in [0.15, 0.2) is 47.4 Å². The Labute approximate surface area is 178 Å². The Balaban J connectivity index is 1.88. The number of ether oxygens (including phenoxy) is 2. The van der Waals surface area contributed by atoms with Gasteiger partial charge >= 0.3 is 12.1 Å². The van der Waals surface area contributed by atoms with Crippen molar-refractivity contribution < 1.29 is 42.1 Å². The zero-order valence-corrected chi connectivity index (χ0v) is 16.6. The van der Waals surface area contributed by atoms with E-state index in [2.05, 4.69) is 0 Å². The van der Waals surface area contributed by atoms with Gasteiger partial charge < -0.3 is 14.6 Å². The van der Waals surface area contributed by atoms with Crippen molar-refractivity contribution in [2.24, 2.45) is 0 Å². The van der Waals surface area contributed by atoms with Crippen LogP contribution in [0.4, 0.5) is 23.7 Å². The molecule has 2 aromatic carbocycles. The molecule has 31 heavy (non-hydrogen) atoms. The zero-order chi connectivity index (χ0) is 22.8. The third-order valence-electron chi connectivity index (χ3n) is 4.06. The molecule has 0 radical (unpaired) electrons. The summed E-state index contributed by atoms with van der Waals surface area (Å²) in [5.41, 5.74) is -0.723. The van der Waals surface area contributed by atoms with Gasteiger partial charge in [-0.1, -0.05) is 12.1 Å². The first kappa shape index (κ1) is 22.2. The van der Waals surface area contributed by atoms with Crippen molar-refractivity contribution in [3.8, 4) is 11.5 Å². The van der Waals surface area contributed by atoms with Gasteiger partial charge in [0.25, 0.3) is 11.1 Å². The number of nitrogens with zero attached hydrogens (tertiary/aromatic N) is 1. The van der Waals surface area contributed by atoms with Crippen LogP contribution >= 0.6 is 11.8 Å². The maximum Gasteiger partial charge on any atom is 0.416 e. The molecule has 7 nitrogen and oxygen atoms in total. The summed E-state index contributed by atoms with van der Waals surface area (Å²) in [5.74, 6) is -1.57. The standard InChI is InChI=1S/C20H14F3NO6S/c1-29-15-7-11(5-6-14(15)30-10-17(25)26)8-16-18(27)24(19(28)31-16)13-4-2-3-12(9-13)20(21,22)23/h2-9H,10H2,1H3,(H,25,26)/b16-8+. The number of imide groups is 1. The van der Waals surface area contributed by atoms with Crippen LogP contribution in [0.2, 0.25) is 0 Å². The number of benzene rings is 2. The highest BCUT2D eigenvalue weighted by atomic mass is 32.2. The molecule has 0 spiro atoms. The largest absolute Gasteiger partial charge is 0.493 e. The summed E-state index contributed by atoms with van der Waals surface area (Å²) in [6, 6.07) is 8.35. The Bertz CT molecular complexity index is 1080. The Hall–Kier alpha value is -3.47. The minimum Gasteiger partial charge on any atom is -0.493 e. The van der Waals surface area contributed by atoms with Crippen molar-refractivity contribution in [1.29, 1.82) is 0 Å². The minimum absolute atomic E-state index is 0.00340. The van der Waals surface area contributed by atoms with Gasteiger partial charge in [0, 0.05) is 0 Å². The quantitative estimate of drug-likeness (QED) is 0.648. The molecule has 11 heteroatoms. The van der Waals surface area contributed by atoms with Crippen LogP contribution in [-0.2, 0) is 15.8 Å². The van der Waals surface area contributed by atoms with Crippen LogP contribution in [0.25, 0.3) is 6.08 Å². The van der Waals surface area contributed by atoms with Crippen molar-refractivity contribution in [2.45, 2.75) is 6.18 Å². The molecule has 162 valence electrons. The minimum atomic E-state index is -4.62. The number of thioether (sulfide) groups is 1. The van der Waals surface area contributed by atoms with Crippen molar-refractivity contribution in [3.63, 3.8) is 0 Å². The number of hydrogen-bond acceptors (Lipinski definition) is 6. The van der Waals surface area contributed by atoms with Gasteiger partial charge in [-0.25, -0.2) is 9.69 Å². The zero-order valence-electron chi connectivity index (χ0n) is 15.8. The Morgan fingerprint density at radius 2 is 1.90 bits per heavy atom. The molecule has 1 aliphatic rings. The lowest BCUT2D eigenvalue weighted by Crippen LogP contribution is -2.28. The third-order valence-corrected chi connectivity index (χ3v) is 4.93. The van der Waals surface area contributed by atoms with Gasteiger partial charge in [0.05, 0.1) is 23.3 Å². The lowest BCUT2D eigenvalue weighted by molar-refractivity contribution is -0.139. The second-order valence-corrected chi connectivity index (χ2v) is 7.15. The van der Waals surface area contributed by atoms with Crippen LogP contribution in [-0.4, -0.2) is 35.9 Å². The number of hydrogen-bond donors (Lipinski definition) is 1. The van der Waals surface area contributed by atoms with Gasteiger partial charge in [-0.2, -0.15) is 13.2 Å². The SMILES string of the molecule is COc1cc(/C=C2/SC(=O)N(c3cccc(C(F)(F)F)c3)C2=O)ccc1OCC(=O)O. The average molecular weight is 453 g/mol. The Morgan fingerprint density at radius 3 is 2.55 bits per heavy atom. The van der Waals surface area contributed by atoms with Gasteiger partial charge in [0.2, 0.25) is 0 Å². The first-order chi connectivity index (χ1) is 14.6. The molecule has 1 fully saturated rings. The van der Waals surface area contributed by atoms with Crippen molar-refractivity contribution in [3.05, 3.63) is 58.5 Å². The molecule has 2 aromatic rings. The van der Waals surface area contributed by atoms with E-state index >= 15 is 0 Å². The molecule has 1 N–H and O–H groups in total. The van der Waals surface area contributed by atoms with E-state index in [1.54, 1.807) is 0 Å². The van der Waals surface area contributed by atoms with E-state index < -0.39 is 35.5 Å². The third kappa shape index (κ3) is 5.00. The molecule has 0 bridgehead atoms. The van der Waals surface area contributed by atoms with E-state index in [0.29, 0.717) is 22.2 Å². The fourth-order valence-electron chi connectivity index (χ4n) is 2.70. The van der Waals surface area contributed by atoms with E-state index in [0.717, 1.165) is 18.2 Å². The monoisotopic (exact) mass is 453 g/mol. The summed E-state index contributed by atoms with van der Waals surface area (Å²) < 4.78 is 49.1. The molecule has 0 aliphatic carbocycles. The highest BCUT2D eigenvalue weighted by Gasteiger charge is 2.38. The maximum absolute atomic E-state index is 13.0. The maximum atomic E-state index is 13.0. The summed E-state index contributed by atoms with van der Waals surface area (Å²) in [4.78, 5) is 36.3. The number of carboxylic acid groups (broad SMARTS) is 1.